The zero-order valence-corrected chi connectivity index (χ0v) is 15.9. The van der Waals surface area contributed by atoms with E-state index in [4.69, 9.17) is 20.9 Å². The zero-order valence-electron chi connectivity index (χ0n) is 15.1. The van der Waals surface area contributed by atoms with Gasteiger partial charge >= 0.3 is 6.09 Å². The van der Waals surface area contributed by atoms with Gasteiger partial charge in [-0.2, -0.15) is 11.8 Å². The lowest BCUT2D eigenvalue weighted by molar-refractivity contribution is -0.137. The predicted molar refractivity (Wildman–Crippen MR) is 97.4 cm³/mol. The van der Waals surface area contributed by atoms with Crippen LogP contribution in [0, 0.1) is 5.92 Å². The van der Waals surface area contributed by atoms with E-state index < -0.39 is 23.5 Å². The van der Waals surface area contributed by atoms with E-state index in [9.17, 15) is 14.4 Å². The summed E-state index contributed by atoms with van der Waals surface area (Å²) < 4.78 is 10.9. The highest BCUT2D eigenvalue weighted by molar-refractivity contribution is 7.99. The fourth-order valence-corrected chi connectivity index (χ4v) is 5.28. The molecule has 1 aliphatic carbocycles. The number of nitrogens with zero attached hydrogens (tertiary/aromatic N) is 1. The van der Waals surface area contributed by atoms with E-state index >= 15 is 0 Å². The molecule has 2 saturated heterocycles. The summed E-state index contributed by atoms with van der Waals surface area (Å²) in [5.74, 6) is -0.0977. The summed E-state index contributed by atoms with van der Waals surface area (Å²) in [6.07, 6.45) is -0.946. The molecule has 5 N–H and O–H groups in total. The minimum atomic E-state index is -0.969. The largest absolute Gasteiger partial charge is 0.449 e. The second kappa shape index (κ2) is 6.25. The number of nitrogens with two attached hydrogens (primary N) is 2. The number of ether oxygens (including phenoxy) is 2. The Kier molecular flexibility index (Phi) is 4.24. The number of rotatable bonds is 6. The van der Waals surface area contributed by atoms with Crippen molar-refractivity contribution < 1.29 is 23.9 Å². The number of Topliss-reactive ketones (excluding diaryl/α,β-unsaturated/α-hetero) is 2. The highest BCUT2D eigenvalue weighted by Crippen LogP contribution is 2.55. The Hall–Kier alpha value is -2.04. The molecule has 146 valence electrons. The number of amides is 1. The van der Waals surface area contributed by atoms with Crippen LogP contribution in [0.5, 0.6) is 0 Å². The molecule has 0 aromatic rings. The maximum absolute atomic E-state index is 13.3. The molecule has 10 heteroatoms. The summed E-state index contributed by atoms with van der Waals surface area (Å²) in [5.41, 5.74) is 11.1. The second-order valence-electron chi connectivity index (χ2n) is 6.95. The first-order chi connectivity index (χ1) is 12.9. The van der Waals surface area contributed by atoms with Crippen molar-refractivity contribution in [2.24, 2.45) is 17.4 Å². The number of hydrogen-bond acceptors (Lipinski definition) is 9. The SMILES string of the molecule is CCSCC1=C(N)C(=O)C2=C(C1=O)N1C[C@@H]3N[C@@H]3[C@]1(OC)[C@@H]2COC(N)=O. The van der Waals surface area contributed by atoms with Gasteiger partial charge in [-0.25, -0.2) is 4.79 Å². The molecule has 4 aliphatic rings. The van der Waals surface area contributed by atoms with Crippen LogP contribution >= 0.6 is 11.8 Å². The van der Waals surface area contributed by atoms with Crippen LogP contribution in [-0.4, -0.2) is 72.1 Å². The number of piperazine rings is 1. The van der Waals surface area contributed by atoms with Gasteiger partial charge in [0.05, 0.1) is 23.4 Å². The van der Waals surface area contributed by atoms with Gasteiger partial charge in [-0.1, -0.05) is 6.92 Å². The van der Waals surface area contributed by atoms with E-state index in [0.717, 1.165) is 5.75 Å². The lowest BCUT2D eigenvalue weighted by atomic mass is 9.82. The highest BCUT2D eigenvalue weighted by atomic mass is 32.2. The van der Waals surface area contributed by atoms with Crippen molar-refractivity contribution in [3.8, 4) is 0 Å². The van der Waals surface area contributed by atoms with Crippen LogP contribution < -0.4 is 16.8 Å². The first kappa shape index (κ1) is 18.3. The Morgan fingerprint density at radius 2 is 2.15 bits per heavy atom. The van der Waals surface area contributed by atoms with Crippen LogP contribution in [0.25, 0.3) is 0 Å². The second-order valence-corrected chi connectivity index (χ2v) is 8.22. The van der Waals surface area contributed by atoms with Gasteiger partial charge < -0.3 is 31.2 Å². The lowest BCUT2D eigenvalue weighted by Crippen LogP contribution is -2.55. The summed E-state index contributed by atoms with van der Waals surface area (Å²) in [4.78, 5) is 39.4. The molecule has 27 heavy (non-hydrogen) atoms. The molecule has 0 aromatic heterocycles. The topological polar surface area (TPSA) is 147 Å². The summed E-state index contributed by atoms with van der Waals surface area (Å²) in [6, 6.07) is 0.0968. The van der Waals surface area contributed by atoms with E-state index in [2.05, 4.69) is 5.32 Å². The average Bonchev–Trinajstić information content (AvgIpc) is 3.24. The highest BCUT2D eigenvalue weighted by Gasteiger charge is 2.72. The van der Waals surface area contributed by atoms with Gasteiger partial charge in [-0.3, -0.25) is 9.59 Å². The number of thioether (sulfide) groups is 1. The normalized spacial score (nSPS) is 34.0. The molecule has 2 fully saturated rings. The average molecular weight is 394 g/mol. The minimum absolute atomic E-state index is 0.0310. The number of carbonyl (C=O) groups is 3. The molecule has 0 saturated carbocycles. The van der Waals surface area contributed by atoms with Crippen LogP contribution in [0.4, 0.5) is 4.79 Å². The zero-order chi connectivity index (χ0) is 19.5. The number of nitrogens with one attached hydrogen (secondary N) is 1. The molecular formula is C17H22N4O5S. The molecule has 0 aromatic carbocycles. The Morgan fingerprint density at radius 1 is 1.41 bits per heavy atom. The van der Waals surface area contributed by atoms with Crippen molar-refractivity contribution in [1.82, 2.24) is 10.2 Å². The van der Waals surface area contributed by atoms with Crippen molar-refractivity contribution in [2.75, 3.05) is 31.8 Å². The fourth-order valence-electron chi connectivity index (χ4n) is 4.59. The maximum Gasteiger partial charge on any atom is 0.404 e. The van der Waals surface area contributed by atoms with Gasteiger partial charge in [0.25, 0.3) is 0 Å². The van der Waals surface area contributed by atoms with Gasteiger partial charge in [0, 0.05) is 36.6 Å². The van der Waals surface area contributed by atoms with E-state index in [1.54, 1.807) is 0 Å². The van der Waals surface area contributed by atoms with E-state index in [1.165, 1.54) is 18.9 Å². The number of fused-ring (bicyclic) bond motifs is 4. The Bertz CT molecular complexity index is 809. The third kappa shape index (κ3) is 2.36. The van der Waals surface area contributed by atoms with E-state index in [0.29, 0.717) is 23.6 Å². The van der Waals surface area contributed by atoms with Gasteiger partial charge in [-0.15, -0.1) is 0 Å². The van der Waals surface area contributed by atoms with Crippen LogP contribution in [0.1, 0.15) is 6.92 Å². The molecule has 0 bridgehead atoms. The number of allylic oxidation sites excluding steroid dienone is 2. The number of ketones is 2. The molecule has 9 nitrogen and oxygen atoms in total. The molecule has 3 heterocycles. The third-order valence-electron chi connectivity index (χ3n) is 5.78. The van der Waals surface area contributed by atoms with Gasteiger partial charge in [0.2, 0.25) is 11.6 Å². The monoisotopic (exact) mass is 394 g/mol. The Labute approximate surface area is 160 Å². The van der Waals surface area contributed by atoms with Crippen LogP contribution in [0.15, 0.2) is 22.5 Å². The summed E-state index contributed by atoms with van der Waals surface area (Å²) in [5, 5.41) is 3.31. The standard InChI is InChI=1S/C17H22N4O5S/c1-3-27-6-7-11(18)14(23)10-8(5-26-16(19)24)17(25-2)15-9(20-15)4-21(17)12(10)13(7)22/h8-9,15,20H,3-6,18H2,1-2H3,(H2,19,24)/t8-,9+,15+,17-/m1/s1. The molecule has 4 atom stereocenters. The van der Waals surface area contributed by atoms with Crippen molar-refractivity contribution >= 4 is 29.4 Å². The molecule has 0 radical (unpaired) electrons. The molecular weight excluding hydrogens is 372 g/mol. The lowest BCUT2D eigenvalue weighted by Gasteiger charge is -2.39. The smallest absolute Gasteiger partial charge is 0.404 e. The maximum atomic E-state index is 13.3. The quantitative estimate of drug-likeness (QED) is 0.384. The Balaban J connectivity index is 1.78. The first-order valence-electron chi connectivity index (χ1n) is 8.79. The van der Waals surface area contributed by atoms with Crippen molar-refractivity contribution in [3.05, 3.63) is 22.5 Å². The fraction of sp³-hybridized carbons (Fsp3) is 0.588. The van der Waals surface area contributed by atoms with Gasteiger partial charge in [0.15, 0.2) is 5.72 Å². The molecule has 0 spiro atoms. The first-order valence-corrected chi connectivity index (χ1v) is 9.94. The van der Waals surface area contributed by atoms with Crippen molar-refractivity contribution in [3.63, 3.8) is 0 Å². The predicted octanol–water partition coefficient (Wildman–Crippen LogP) is -0.918. The van der Waals surface area contributed by atoms with Gasteiger partial charge in [0.1, 0.15) is 6.61 Å². The summed E-state index contributed by atoms with van der Waals surface area (Å²) in [7, 11) is 1.53. The third-order valence-corrected chi connectivity index (χ3v) is 6.68. The van der Waals surface area contributed by atoms with Crippen LogP contribution in [0.2, 0.25) is 0 Å². The summed E-state index contributed by atoms with van der Waals surface area (Å²) >= 11 is 1.53. The molecule has 1 amide bonds. The van der Waals surface area contributed by atoms with Gasteiger partial charge in [-0.05, 0) is 5.75 Å². The van der Waals surface area contributed by atoms with Crippen LogP contribution in [-0.2, 0) is 19.1 Å². The van der Waals surface area contributed by atoms with E-state index in [-0.39, 0.29) is 35.7 Å². The van der Waals surface area contributed by atoms with Crippen LogP contribution in [0.3, 0.4) is 0 Å². The summed E-state index contributed by atoms with van der Waals surface area (Å²) in [6.45, 7) is 2.36. The molecule has 0 unspecified atom stereocenters. The van der Waals surface area contributed by atoms with Crippen molar-refractivity contribution in [2.45, 2.75) is 24.7 Å². The number of primary amides is 1. The molecule has 3 aliphatic heterocycles. The number of carbonyl (C=O) groups excluding carboxylic acids is 3. The number of methoxy groups -OCH3 is 1. The molecule has 4 rings (SSSR count). The Morgan fingerprint density at radius 3 is 2.78 bits per heavy atom. The number of hydrogen-bond donors (Lipinski definition) is 3. The minimum Gasteiger partial charge on any atom is -0.449 e. The van der Waals surface area contributed by atoms with Crippen molar-refractivity contribution in [1.29, 1.82) is 0 Å². The van der Waals surface area contributed by atoms with E-state index in [1.807, 2.05) is 11.8 Å².